The average Bonchev–Trinajstić information content (AvgIpc) is 2.20. The van der Waals surface area contributed by atoms with Crippen LogP contribution in [0, 0.1) is 0 Å². The van der Waals surface area contributed by atoms with Crippen LogP contribution in [-0.4, -0.2) is 19.0 Å². The molecule has 0 heterocycles. The van der Waals surface area contributed by atoms with E-state index in [9.17, 15) is 0 Å². The molecule has 0 spiro atoms. The molecule has 0 aliphatic heterocycles. The maximum Gasteiger partial charge on any atom is -0.0328 e. The summed E-state index contributed by atoms with van der Waals surface area (Å²) in [5, 5.41) is 0. The first-order valence-electron chi connectivity index (χ1n) is 6.49. The van der Waals surface area contributed by atoms with Crippen molar-refractivity contribution >= 4 is 7.92 Å². The van der Waals surface area contributed by atoms with Gasteiger partial charge in [-0.2, -0.15) is 0 Å². The van der Waals surface area contributed by atoms with Gasteiger partial charge in [0.05, 0.1) is 0 Å². The fourth-order valence-electron chi connectivity index (χ4n) is 1.70. The third-order valence-corrected chi connectivity index (χ3v) is 4.95. The maximum atomic E-state index is 2.48. The predicted octanol–water partition coefficient (Wildman–Crippen LogP) is 5.26. The highest BCUT2D eigenvalue weighted by molar-refractivity contribution is 7.56. The second kappa shape index (κ2) is 11.5. The third kappa shape index (κ3) is 10.5. The van der Waals surface area contributed by atoms with Crippen molar-refractivity contribution < 1.29 is 0 Å². The molecule has 0 N–H and O–H groups in total. The molecule has 0 nitrogen and oxygen atoms in total. The fourth-order valence-corrected chi connectivity index (χ4v) is 3.54. The summed E-state index contributed by atoms with van der Waals surface area (Å²) in [5.41, 5.74) is 0. The first-order chi connectivity index (χ1) is 6.81. The number of unbranched alkanes of at least 4 members (excludes halogenated alkanes) is 6. The van der Waals surface area contributed by atoms with Crippen LogP contribution in [0.3, 0.4) is 0 Å². The van der Waals surface area contributed by atoms with Crippen LogP contribution in [0.2, 0.25) is 0 Å². The van der Waals surface area contributed by atoms with Gasteiger partial charge in [-0.1, -0.05) is 52.4 Å². The van der Waals surface area contributed by atoms with Crippen molar-refractivity contribution in [2.24, 2.45) is 0 Å². The van der Waals surface area contributed by atoms with Crippen LogP contribution >= 0.6 is 7.92 Å². The van der Waals surface area contributed by atoms with Gasteiger partial charge in [0.25, 0.3) is 0 Å². The molecule has 14 heavy (non-hydrogen) atoms. The van der Waals surface area contributed by atoms with Crippen molar-refractivity contribution in [2.75, 3.05) is 19.0 Å². The summed E-state index contributed by atoms with van der Waals surface area (Å²) in [6.45, 7) is 7.07. The average molecular weight is 216 g/mol. The molecule has 0 aliphatic rings. The van der Waals surface area contributed by atoms with Crippen molar-refractivity contribution in [3.63, 3.8) is 0 Å². The van der Waals surface area contributed by atoms with Gasteiger partial charge in [0, 0.05) is 0 Å². The zero-order chi connectivity index (χ0) is 10.6. The van der Waals surface area contributed by atoms with Crippen molar-refractivity contribution in [3.05, 3.63) is 0 Å². The predicted molar refractivity (Wildman–Crippen MR) is 70.9 cm³/mol. The summed E-state index contributed by atoms with van der Waals surface area (Å²) in [5.74, 6) is 0. The van der Waals surface area contributed by atoms with E-state index < -0.39 is 0 Å². The molecule has 0 aromatic carbocycles. The lowest BCUT2D eigenvalue weighted by Crippen LogP contribution is -1.89. The Morgan fingerprint density at radius 2 is 1.14 bits per heavy atom. The van der Waals surface area contributed by atoms with Crippen molar-refractivity contribution in [3.8, 4) is 0 Å². The van der Waals surface area contributed by atoms with Crippen LogP contribution in [0.25, 0.3) is 0 Å². The molecule has 0 radical (unpaired) electrons. The van der Waals surface area contributed by atoms with Gasteiger partial charge in [0.15, 0.2) is 0 Å². The largest absolute Gasteiger partial charge is 0.110 e. The van der Waals surface area contributed by atoms with Gasteiger partial charge in [-0.15, -0.1) is 7.92 Å². The molecule has 0 aliphatic carbocycles. The summed E-state index contributed by atoms with van der Waals surface area (Å²) in [6, 6.07) is 0. The zero-order valence-electron chi connectivity index (χ0n) is 10.5. The smallest absolute Gasteiger partial charge is 0.0328 e. The van der Waals surface area contributed by atoms with Crippen LogP contribution in [0.15, 0.2) is 0 Å². The van der Waals surface area contributed by atoms with Crippen LogP contribution in [-0.2, 0) is 0 Å². The lowest BCUT2D eigenvalue weighted by atomic mass is 10.1. The van der Waals surface area contributed by atoms with Crippen molar-refractivity contribution in [1.82, 2.24) is 0 Å². The normalized spacial score (nSPS) is 13.1. The second-order valence-corrected chi connectivity index (χ2v) is 7.03. The molecule has 0 fully saturated rings. The van der Waals surface area contributed by atoms with Gasteiger partial charge in [-0.05, 0) is 31.8 Å². The number of hydrogen-bond donors (Lipinski definition) is 0. The van der Waals surface area contributed by atoms with Gasteiger partial charge in [-0.3, -0.25) is 0 Å². The minimum Gasteiger partial charge on any atom is -0.110 e. The SMILES string of the molecule is CCCCCCCCP(C)CCCC. The van der Waals surface area contributed by atoms with Gasteiger partial charge >= 0.3 is 0 Å². The van der Waals surface area contributed by atoms with Gasteiger partial charge in [-0.25, -0.2) is 0 Å². The molecule has 0 saturated heterocycles. The maximum absolute atomic E-state index is 2.48. The molecule has 0 bridgehead atoms. The van der Waals surface area contributed by atoms with Crippen molar-refractivity contribution in [1.29, 1.82) is 0 Å². The van der Waals surface area contributed by atoms with Gasteiger partial charge in [0.2, 0.25) is 0 Å². The van der Waals surface area contributed by atoms with E-state index in [1.54, 1.807) is 0 Å². The van der Waals surface area contributed by atoms with E-state index in [2.05, 4.69) is 20.5 Å². The molecule has 1 heteroatoms. The molecular weight excluding hydrogens is 187 g/mol. The van der Waals surface area contributed by atoms with E-state index in [4.69, 9.17) is 0 Å². The minimum absolute atomic E-state index is 0.389. The monoisotopic (exact) mass is 216 g/mol. The summed E-state index contributed by atoms with van der Waals surface area (Å²) in [4.78, 5) is 0. The third-order valence-electron chi connectivity index (χ3n) is 2.79. The quantitative estimate of drug-likeness (QED) is 0.345. The highest BCUT2D eigenvalue weighted by atomic mass is 31.1. The number of hydrogen-bond acceptors (Lipinski definition) is 0. The lowest BCUT2D eigenvalue weighted by Gasteiger charge is -2.10. The van der Waals surface area contributed by atoms with Gasteiger partial charge < -0.3 is 0 Å². The molecular formula is C13H29P. The van der Waals surface area contributed by atoms with Crippen LogP contribution in [0.1, 0.15) is 65.2 Å². The Balaban J connectivity index is 3.02. The second-order valence-electron chi connectivity index (χ2n) is 4.42. The van der Waals surface area contributed by atoms with E-state index in [0.29, 0.717) is 7.92 Å². The summed E-state index contributed by atoms with van der Waals surface area (Å²) < 4.78 is 0. The highest BCUT2D eigenvalue weighted by Gasteiger charge is 1.99. The van der Waals surface area contributed by atoms with Crippen molar-refractivity contribution in [2.45, 2.75) is 65.2 Å². The Morgan fingerprint density at radius 3 is 1.79 bits per heavy atom. The summed E-state index contributed by atoms with van der Waals surface area (Å²) in [7, 11) is 0.389. The Morgan fingerprint density at radius 1 is 0.643 bits per heavy atom. The number of rotatable bonds is 10. The van der Waals surface area contributed by atoms with Crippen LogP contribution in [0.4, 0.5) is 0 Å². The molecule has 0 aromatic heterocycles. The van der Waals surface area contributed by atoms with E-state index in [0.717, 1.165) is 0 Å². The zero-order valence-corrected chi connectivity index (χ0v) is 11.4. The molecule has 86 valence electrons. The summed E-state index contributed by atoms with van der Waals surface area (Å²) in [6.07, 6.45) is 14.6. The molecule has 0 aromatic rings. The first kappa shape index (κ1) is 14.4. The Hall–Kier alpha value is 0.430. The van der Waals surface area contributed by atoms with E-state index in [1.165, 1.54) is 63.7 Å². The molecule has 1 atom stereocenters. The molecule has 0 rings (SSSR count). The van der Waals surface area contributed by atoms with E-state index in [-0.39, 0.29) is 0 Å². The van der Waals surface area contributed by atoms with E-state index >= 15 is 0 Å². The molecule has 0 amide bonds. The minimum atomic E-state index is 0.389. The Bertz CT molecular complexity index is 101. The van der Waals surface area contributed by atoms with Gasteiger partial charge in [0.1, 0.15) is 0 Å². The van der Waals surface area contributed by atoms with Crippen LogP contribution in [0.5, 0.6) is 0 Å². The first-order valence-corrected chi connectivity index (χ1v) is 8.65. The van der Waals surface area contributed by atoms with E-state index in [1.807, 2.05) is 0 Å². The lowest BCUT2D eigenvalue weighted by molar-refractivity contribution is 0.626. The molecule has 1 unspecified atom stereocenters. The molecule has 0 saturated carbocycles. The summed E-state index contributed by atoms with van der Waals surface area (Å²) >= 11 is 0. The Kier molecular flexibility index (Phi) is 11.9. The highest BCUT2D eigenvalue weighted by Crippen LogP contribution is 2.33. The topological polar surface area (TPSA) is 0 Å². The van der Waals surface area contributed by atoms with Crippen LogP contribution < -0.4 is 0 Å². The Labute approximate surface area is 92.6 Å². The fraction of sp³-hybridized carbons (Fsp3) is 1.00. The standard InChI is InChI=1S/C13H29P/c1-4-6-8-9-10-11-13-14(3)12-7-5-2/h4-13H2,1-3H3.